The normalized spacial score (nSPS) is 30.3. The zero-order valence-electron chi connectivity index (χ0n) is 13.2. The number of nitrogens with two attached hydrogens (primary N) is 1. The summed E-state index contributed by atoms with van der Waals surface area (Å²) in [5.74, 6) is 0.162. The summed E-state index contributed by atoms with van der Waals surface area (Å²) in [6, 6.07) is 0.424. The van der Waals surface area contributed by atoms with Crippen molar-refractivity contribution in [1.82, 2.24) is 9.80 Å². The molecule has 2 unspecified atom stereocenters. The first-order valence-corrected chi connectivity index (χ1v) is 8.50. The third-order valence-corrected chi connectivity index (χ3v) is 5.19. The molecule has 6 heteroatoms. The van der Waals surface area contributed by atoms with E-state index in [9.17, 15) is 9.59 Å². The molecule has 2 aliphatic carbocycles. The van der Waals surface area contributed by atoms with Crippen molar-refractivity contribution >= 4 is 24.2 Å². The largest absolute Gasteiger partial charge is 0.336 e. The summed E-state index contributed by atoms with van der Waals surface area (Å²) in [5, 5.41) is 0. The zero-order chi connectivity index (χ0) is 14.8. The molecule has 5 nitrogen and oxygen atoms in total. The molecular weight excluding hydrogens is 302 g/mol. The molecule has 2 saturated carbocycles. The topological polar surface area (TPSA) is 66.6 Å². The number of carbonyl (C=O) groups is 2. The van der Waals surface area contributed by atoms with Crippen LogP contribution in [0.25, 0.3) is 0 Å². The van der Waals surface area contributed by atoms with Gasteiger partial charge in [0.05, 0.1) is 12.5 Å². The maximum absolute atomic E-state index is 12.7. The lowest BCUT2D eigenvalue weighted by atomic mass is 9.86. The molecule has 2 N–H and O–H groups in total. The Hall–Kier alpha value is -0.810. The van der Waals surface area contributed by atoms with Crippen LogP contribution in [0.5, 0.6) is 0 Å². The summed E-state index contributed by atoms with van der Waals surface area (Å²) in [6.07, 6.45) is 8.72. The van der Waals surface area contributed by atoms with Gasteiger partial charge in [-0.15, -0.1) is 12.4 Å². The maximum Gasteiger partial charge on any atom is 0.242 e. The van der Waals surface area contributed by atoms with Crippen LogP contribution < -0.4 is 5.73 Å². The molecule has 3 rings (SSSR count). The van der Waals surface area contributed by atoms with Crippen molar-refractivity contribution in [3.8, 4) is 0 Å². The number of nitrogens with zero attached hydrogens (tertiary/aromatic N) is 2. The Bertz CT molecular complexity index is 414. The summed E-state index contributed by atoms with van der Waals surface area (Å²) in [4.78, 5) is 28.6. The van der Waals surface area contributed by atoms with E-state index in [1.165, 1.54) is 12.8 Å². The van der Waals surface area contributed by atoms with Crippen molar-refractivity contribution in [1.29, 1.82) is 0 Å². The fraction of sp³-hybridized carbons (Fsp3) is 0.875. The van der Waals surface area contributed by atoms with Gasteiger partial charge in [-0.3, -0.25) is 9.59 Å². The lowest BCUT2D eigenvalue weighted by Gasteiger charge is -2.37. The molecule has 22 heavy (non-hydrogen) atoms. The van der Waals surface area contributed by atoms with Gasteiger partial charge >= 0.3 is 0 Å². The Morgan fingerprint density at radius 2 is 1.68 bits per heavy atom. The molecule has 0 spiro atoms. The Morgan fingerprint density at radius 3 is 2.32 bits per heavy atom. The second kappa shape index (κ2) is 7.64. The molecule has 1 aliphatic heterocycles. The molecule has 0 aromatic carbocycles. The standard InChI is InChI=1S/C16H27N3O2.ClH/c17-14-6-4-2-1-3-5-13(14)16(21)18-9-10-19(12-7-8-12)15(20)11-18;/h12-14H,1-11,17H2;1H. The lowest BCUT2D eigenvalue weighted by molar-refractivity contribution is -0.148. The molecular formula is C16H28ClN3O2. The van der Waals surface area contributed by atoms with E-state index in [0.29, 0.717) is 19.1 Å². The highest BCUT2D eigenvalue weighted by Crippen LogP contribution is 2.29. The summed E-state index contributed by atoms with van der Waals surface area (Å²) in [6.45, 7) is 1.65. The van der Waals surface area contributed by atoms with Gasteiger partial charge in [0.15, 0.2) is 0 Å². The van der Waals surface area contributed by atoms with E-state index in [1.54, 1.807) is 4.90 Å². The molecule has 2 amide bonds. The van der Waals surface area contributed by atoms with Gasteiger partial charge in [-0.1, -0.05) is 25.7 Å². The number of hydrogen-bond acceptors (Lipinski definition) is 3. The van der Waals surface area contributed by atoms with Crippen LogP contribution in [-0.4, -0.2) is 53.3 Å². The van der Waals surface area contributed by atoms with Crippen molar-refractivity contribution in [2.24, 2.45) is 11.7 Å². The molecule has 2 atom stereocenters. The van der Waals surface area contributed by atoms with E-state index in [1.807, 2.05) is 4.90 Å². The second-order valence-electron chi connectivity index (χ2n) is 6.84. The summed E-state index contributed by atoms with van der Waals surface area (Å²) in [5.41, 5.74) is 6.23. The van der Waals surface area contributed by atoms with Gasteiger partial charge in [-0.2, -0.15) is 0 Å². The van der Waals surface area contributed by atoms with E-state index < -0.39 is 0 Å². The fourth-order valence-electron chi connectivity index (χ4n) is 3.70. The molecule has 1 heterocycles. The quantitative estimate of drug-likeness (QED) is 0.835. The monoisotopic (exact) mass is 329 g/mol. The first kappa shape index (κ1) is 17.5. The van der Waals surface area contributed by atoms with Crippen LogP contribution in [0.3, 0.4) is 0 Å². The van der Waals surface area contributed by atoms with Gasteiger partial charge in [-0.05, 0) is 25.7 Å². The van der Waals surface area contributed by atoms with Gasteiger partial charge < -0.3 is 15.5 Å². The van der Waals surface area contributed by atoms with Crippen LogP contribution in [0.15, 0.2) is 0 Å². The predicted molar refractivity (Wildman–Crippen MR) is 87.7 cm³/mol. The van der Waals surface area contributed by atoms with Crippen LogP contribution in [0.2, 0.25) is 0 Å². The highest BCUT2D eigenvalue weighted by Gasteiger charge is 2.38. The average Bonchev–Trinajstić information content (AvgIpc) is 3.27. The molecule has 126 valence electrons. The van der Waals surface area contributed by atoms with Crippen LogP contribution in [-0.2, 0) is 9.59 Å². The lowest BCUT2D eigenvalue weighted by Crippen LogP contribution is -2.55. The van der Waals surface area contributed by atoms with E-state index in [-0.39, 0.29) is 42.7 Å². The fourth-order valence-corrected chi connectivity index (χ4v) is 3.70. The van der Waals surface area contributed by atoms with Gasteiger partial charge in [-0.25, -0.2) is 0 Å². The minimum Gasteiger partial charge on any atom is -0.336 e. The van der Waals surface area contributed by atoms with Crippen molar-refractivity contribution in [3.05, 3.63) is 0 Å². The van der Waals surface area contributed by atoms with Crippen LogP contribution in [0.4, 0.5) is 0 Å². The number of carbonyl (C=O) groups excluding carboxylic acids is 2. The van der Waals surface area contributed by atoms with Crippen LogP contribution >= 0.6 is 12.4 Å². The molecule has 0 radical (unpaired) electrons. The van der Waals surface area contributed by atoms with Crippen molar-refractivity contribution in [3.63, 3.8) is 0 Å². The molecule has 1 saturated heterocycles. The number of amides is 2. The summed E-state index contributed by atoms with van der Waals surface area (Å²) >= 11 is 0. The van der Waals surface area contributed by atoms with E-state index in [4.69, 9.17) is 5.73 Å². The second-order valence-corrected chi connectivity index (χ2v) is 6.84. The Balaban J connectivity index is 0.00000176. The maximum atomic E-state index is 12.7. The molecule has 0 aromatic rings. The van der Waals surface area contributed by atoms with Gasteiger partial charge in [0.1, 0.15) is 0 Å². The van der Waals surface area contributed by atoms with Crippen molar-refractivity contribution in [2.75, 3.05) is 19.6 Å². The Labute approximate surface area is 139 Å². The first-order valence-electron chi connectivity index (χ1n) is 8.50. The highest BCUT2D eigenvalue weighted by molar-refractivity contribution is 5.87. The van der Waals surface area contributed by atoms with E-state index >= 15 is 0 Å². The number of piperazine rings is 1. The third-order valence-electron chi connectivity index (χ3n) is 5.19. The van der Waals surface area contributed by atoms with E-state index in [2.05, 4.69) is 0 Å². The minimum atomic E-state index is -0.0782. The number of rotatable bonds is 2. The Morgan fingerprint density at radius 1 is 1.00 bits per heavy atom. The average molecular weight is 330 g/mol. The first-order chi connectivity index (χ1) is 10.2. The van der Waals surface area contributed by atoms with E-state index in [0.717, 1.165) is 38.5 Å². The van der Waals surface area contributed by atoms with Crippen molar-refractivity contribution in [2.45, 2.75) is 63.5 Å². The Kier molecular flexibility index (Phi) is 6.09. The summed E-state index contributed by atoms with van der Waals surface area (Å²) in [7, 11) is 0. The SMILES string of the molecule is Cl.NC1CCCCCCC1C(=O)N1CCN(C2CC2)C(=O)C1. The third kappa shape index (κ3) is 3.93. The van der Waals surface area contributed by atoms with Gasteiger partial charge in [0.25, 0.3) is 0 Å². The zero-order valence-corrected chi connectivity index (χ0v) is 14.0. The molecule has 0 bridgehead atoms. The number of halogens is 1. The number of hydrogen-bond donors (Lipinski definition) is 1. The highest BCUT2D eigenvalue weighted by atomic mass is 35.5. The molecule has 3 fully saturated rings. The van der Waals surface area contributed by atoms with Gasteiger partial charge in [0, 0.05) is 25.2 Å². The smallest absolute Gasteiger partial charge is 0.242 e. The summed E-state index contributed by atoms with van der Waals surface area (Å²) < 4.78 is 0. The molecule has 3 aliphatic rings. The van der Waals surface area contributed by atoms with Crippen LogP contribution in [0.1, 0.15) is 51.4 Å². The van der Waals surface area contributed by atoms with Crippen LogP contribution in [0, 0.1) is 5.92 Å². The molecule has 0 aromatic heterocycles. The van der Waals surface area contributed by atoms with Crippen molar-refractivity contribution < 1.29 is 9.59 Å². The predicted octanol–water partition coefficient (Wildman–Crippen LogP) is 1.54. The van der Waals surface area contributed by atoms with Gasteiger partial charge in [0.2, 0.25) is 11.8 Å². The minimum absolute atomic E-state index is 0.